The lowest BCUT2D eigenvalue weighted by Gasteiger charge is -2.02. The molecule has 3 rings (SSSR count). The van der Waals surface area contributed by atoms with Crippen LogP contribution in [0.25, 0.3) is 11.3 Å². The fourth-order valence-electron chi connectivity index (χ4n) is 2.39. The smallest absolute Gasteiger partial charge is 0.361 e. The Morgan fingerprint density at radius 3 is 2.67 bits per heavy atom. The molecule has 0 saturated heterocycles. The van der Waals surface area contributed by atoms with E-state index in [0.717, 1.165) is 0 Å². The van der Waals surface area contributed by atoms with E-state index in [-0.39, 0.29) is 22.9 Å². The monoisotopic (exact) mass is 426 g/mol. The van der Waals surface area contributed by atoms with Gasteiger partial charge in [-0.25, -0.2) is 18.2 Å². The summed E-state index contributed by atoms with van der Waals surface area (Å²) in [5.74, 6) is -0.485. The summed E-state index contributed by atoms with van der Waals surface area (Å²) in [4.78, 5) is 16.5. The maximum atomic E-state index is 12.6. The predicted octanol–water partition coefficient (Wildman–Crippen LogP) is 3.91. The molecule has 10 heteroatoms. The third-order valence-corrected chi connectivity index (χ3v) is 6.55. The van der Waals surface area contributed by atoms with Crippen LogP contribution in [-0.4, -0.2) is 31.1 Å². The molecule has 0 spiro atoms. The van der Waals surface area contributed by atoms with Crippen LogP contribution in [0.4, 0.5) is 0 Å². The van der Waals surface area contributed by atoms with E-state index in [1.165, 1.54) is 35.6 Å². The van der Waals surface area contributed by atoms with Crippen LogP contribution in [-0.2, 0) is 20.3 Å². The highest BCUT2D eigenvalue weighted by Crippen LogP contribution is 2.30. The highest BCUT2D eigenvalue weighted by Gasteiger charge is 2.25. The minimum absolute atomic E-state index is 0.0201. The normalized spacial score (nSPS) is 11.5. The molecule has 0 atom stereocenters. The van der Waals surface area contributed by atoms with Crippen molar-refractivity contribution in [1.82, 2.24) is 10.1 Å². The van der Waals surface area contributed by atoms with Gasteiger partial charge in [0.1, 0.15) is 16.5 Å². The molecule has 0 radical (unpaired) electrons. The Balaban J connectivity index is 1.89. The molecular formula is C17H15ClN2O5S2. The van der Waals surface area contributed by atoms with Crippen molar-refractivity contribution in [2.75, 3.05) is 6.61 Å². The van der Waals surface area contributed by atoms with Gasteiger partial charge < -0.3 is 9.26 Å². The molecule has 142 valence electrons. The minimum atomic E-state index is -3.57. The van der Waals surface area contributed by atoms with Crippen LogP contribution >= 0.6 is 22.9 Å². The van der Waals surface area contributed by atoms with Crippen LogP contribution in [0, 0.1) is 6.92 Å². The van der Waals surface area contributed by atoms with E-state index in [4.69, 9.17) is 20.9 Å². The summed E-state index contributed by atoms with van der Waals surface area (Å²) in [6, 6.07) is 5.95. The molecule has 3 aromatic rings. The van der Waals surface area contributed by atoms with Gasteiger partial charge in [-0.2, -0.15) is 0 Å². The van der Waals surface area contributed by atoms with E-state index >= 15 is 0 Å². The van der Waals surface area contributed by atoms with E-state index in [2.05, 4.69) is 10.1 Å². The first-order valence-electron chi connectivity index (χ1n) is 7.88. The number of ether oxygens (including phenoxy) is 1. The summed E-state index contributed by atoms with van der Waals surface area (Å²) in [5.41, 5.74) is 0.842. The number of hydrogen-bond acceptors (Lipinski definition) is 8. The molecule has 1 aromatic carbocycles. The highest BCUT2D eigenvalue weighted by atomic mass is 35.5. The van der Waals surface area contributed by atoms with Crippen molar-refractivity contribution < 1.29 is 22.5 Å². The summed E-state index contributed by atoms with van der Waals surface area (Å²) < 4.78 is 35.2. The second-order valence-electron chi connectivity index (χ2n) is 5.52. The highest BCUT2D eigenvalue weighted by molar-refractivity contribution is 7.90. The number of halogens is 1. The van der Waals surface area contributed by atoms with Crippen molar-refractivity contribution in [3.05, 3.63) is 51.1 Å². The number of aromatic nitrogens is 2. The Morgan fingerprint density at radius 2 is 2.00 bits per heavy atom. The van der Waals surface area contributed by atoms with Crippen molar-refractivity contribution in [2.45, 2.75) is 24.5 Å². The maximum Gasteiger partial charge on any atom is 0.361 e. The van der Waals surface area contributed by atoms with Crippen LogP contribution in [0.2, 0.25) is 5.02 Å². The summed E-state index contributed by atoms with van der Waals surface area (Å²) >= 11 is 6.98. The van der Waals surface area contributed by atoms with Crippen LogP contribution < -0.4 is 0 Å². The molecule has 7 nitrogen and oxygen atoms in total. The molecule has 2 heterocycles. The first kappa shape index (κ1) is 19.5. The van der Waals surface area contributed by atoms with Gasteiger partial charge in [0.05, 0.1) is 22.8 Å². The van der Waals surface area contributed by atoms with Gasteiger partial charge in [0.2, 0.25) is 5.69 Å². The number of hydrogen-bond donors (Lipinski definition) is 0. The first-order valence-corrected chi connectivity index (χ1v) is 10.8. The van der Waals surface area contributed by atoms with Crippen LogP contribution in [0.15, 0.2) is 39.1 Å². The second kappa shape index (κ2) is 7.79. The Bertz CT molecular complexity index is 1070. The largest absolute Gasteiger partial charge is 0.461 e. The Morgan fingerprint density at radius 1 is 1.30 bits per heavy atom. The third kappa shape index (κ3) is 4.20. The number of carbonyl (C=O) groups excluding carboxylic acids is 1. The zero-order valence-corrected chi connectivity index (χ0v) is 16.8. The molecule has 0 aliphatic carbocycles. The minimum Gasteiger partial charge on any atom is -0.461 e. The van der Waals surface area contributed by atoms with Crippen molar-refractivity contribution in [3.8, 4) is 11.3 Å². The summed E-state index contributed by atoms with van der Waals surface area (Å²) in [5, 5.41) is 6.24. The molecule has 2 aromatic heterocycles. The average molecular weight is 427 g/mol. The van der Waals surface area contributed by atoms with Crippen LogP contribution in [0.1, 0.15) is 28.2 Å². The molecule has 0 N–H and O–H groups in total. The van der Waals surface area contributed by atoms with Crippen molar-refractivity contribution in [2.24, 2.45) is 0 Å². The van der Waals surface area contributed by atoms with Crippen LogP contribution in [0.3, 0.4) is 0 Å². The number of benzene rings is 1. The Kier molecular flexibility index (Phi) is 5.64. The van der Waals surface area contributed by atoms with E-state index in [0.29, 0.717) is 27.0 Å². The van der Waals surface area contributed by atoms with Crippen molar-refractivity contribution >= 4 is 38.7 Å². The molecule has 0 fully saturated rings. The summed E-state index contributed by atoms with van der Waals surface area (Å²) in [6.45, 7) is 3.54. The van der Waals surface area contributed by atoms with E-state index in [9.17, 15) is 13.2 Å². The van der Waals surface area contributed by atoms with Gasteiger partial charge in [0.25, 0.3) is 0 Å². The molecule has 0 unspecified atom stereocenters. The third-order valence-electron chi connectivity index (χ3n) is 3.63. The summed E-state index contributed by atoms with van der Waals surface area (Å²) in [6.07, 6.45) is 0. The van der Waals surface area contributed by atoms with E-state index in [1.54, 1.807) is 19.2 Å². The Hall–Kier alpha value is -2.23. The fraction of sp³-hybridized carbons (Fsp3) is 0.235. The maximum absolute atomic E-state index is 12.6. The van der Waals surface area contributed by atoms with Gasteiger partial charge in [-0.15, -0.1) is 11.3 Å². The lowest BCUT2D eigenvalue weighted by Crippen LogP contribution is -2.07. The number of nitrogens with zero attached hydrogens (tertiary/aromatic N) is 2. The number of carbonyl (C=O) groups is 1. The van der Waals surface area contributed by atoms with Crippen LogP contribution in [0.5, 0.6) is 0 Å². The lowest BCUT2D eigenvalue weighted by atomic mass is 10.1. The van der Waals surface area contributed by atoms with Crippen molar-refractivity contribution in [3.63, 3.8) is 0 Å². The van der Waals surface area contributed by atoms with Gasteiger partial charge >= 0.3 is 5.97 Å². The number of aryl methyl sites for hydroxylation is 1. The van der Waals surface area contributed by atoms with E-state index < -0.39 is 15.8 Å². The molecule has 27 heavy (non-hydrogen) atoms. The van der Waals surface area contributed by atoms with Crippen molar-refractivity contribution in [1.29, 1.82) is 0 Å². The number of rotatable bonds is 6. The molecule has 0 saturated carbocycles. The van der Waals surface area contributed by atoms with E-state index in [1.807, 2.05) is 0 Å². The molecular weight excluding hydrogens is 412 g/mol. The zero-order chi connectivity index (χ0) is 19.6. The fourth-order valence-corrected chi connectivity index (χ4v) is 4.93. The number of esters is 1. The van der Waals surface area contributed by atoms with Gasteiger partial charge in [0.15, 0.2) is 9.84 Å². The standard InChI is InChI=1S/C17H15ClN2O5S2/c1-3-24-17(21)16-15(10(2)25-20-16)13-8-26-14(19-13)9-27(22,23)12-6-4-11(18)5-7-12/h4-8H,3,9H2,1-2H3. The average Bonchev–Trinajstić information content (AvgIpc) is 3.21. The number of sulfone groups is 1. The molecule has 0 aliphatic heterocycles. The number of thiazole rings is 1. The zero-order valence-electron chi connectivity index (χ0n) is 14.4. The second-order valence-corrected chi connectivity index (χ2v) is 8.89. The van der Waals surface area contributed by atoms with Gasteiger partial charge in [-0.1, -0.05) is 16.8 Å². The van der Waals surface area contributed by atoms with Gasteiger partial charge in [-0.3, -0.25) is 0 Å². The molecule has 0 bridgehead atoms. The molecule has 0 aliphatic rings. The van der Waals surface area contributed by atoms with Gasteiger partial charge in [-0.05, 0) is 38.1 Å². The SMILES string of the molecule is CCOC(=O)c1noc(C)c1-c1csc(CS(=O)(=O)c2ccc(Cl)cc2)n1. The quantitative estimate of drug-likeness (QED) is 0.551. The summed E-state index contributed by atoms with van der Waals surface area (Å²) in [7, 11) is -3.57. The first-order chi connectivity index (χ1) is 12.8. The lowest BCUT2D eigenvalue weighted by molar-refractivity contribution is 0.0515. The Labute approximate surface area is 164 Å². The topological polar surface area (TPSA) is 99.4 Å². The van der Waals surface area contributed by atoms with Gasteiger partial charge in [0, 0.05) is 10.4 Å². The predicted molar refractivity (Wildman–Crippen MR) is 101 cm³/mol. The molecule has 0 amide bonds.